The molecule has 1 fully saturated rings. The molecule has 0 spiro atoms. The second-order valence-corrected chi connectivity index (χ2v) is 6.63. The Morgan fingerprint density at radius 3 is 2.79 bits per heavy atom. The molecule has 124 valence electrons. The molecule has 1 saturated heterocycles. The second-order valence-electron chi connectivity index (χ2n) is 5.85. The molecule has 24 heavy (non-hydrogen) atoms. The highest BCUT2D eigenvalue weighted by atomic mass is 32.1. The van der Waals surface area contributed by atoms with Crippen molar-refractivity contribution < 1.29 is 9.59 Å². The summed E-state index contributed by atoms with van der Waals surface area (Å²) in [6.45, 7) is 1.30. The quantitative estimate of drug-likeness (QED) is 0.869. The number of piperidine rings is 1. The summed E-state index contributed by atoms with van der Waals surface area (Å²) >= 11 is 1.60. The molecule has 1 aliphatic heterocycles. The molecule has 0 aliphatic carbocycles. The molecule has 2 heterocycles. The Morgan fingerprint density at radius 1 is 1.21 bits per heavy atom. The van der Waals surface area contributed by atoms with Crippen molar-refractivity contribution in [3.05, 3.63) is 64.4 Å². The average Bonchev–Trinajstić information content (AvgIpc) is 3.14. The van der Waals surface area contributed by atoms with Gasteiger partial charge in [0.2, 0.25) is 5.91 Å². The molecule has 1 aromatic heterocycles. The van der Waals surface area contributed by atoms with E-state index in [1.807, 2.05) is 58.1 Å². The zero-order chi connectivity index (χ0) is 16.8. The Hall–Kier alpha value is -2.40. The van der Waals surface area contributed by atoms with E-state index in [2.05, 4.69) is 5.32 Å². The normalized spacial score (nSPS) is 17.8. The van der Waals surface area contributed by atoms with Crippen LogP contribution in [0.5, 0.6) is 0 Å². The number of rotatable bonds is 4. The highest BCUT2D eigenvalue weighted by molar-refractivity contribution is 7.08. The third-order valence-electron chi connectivity index (χ3n) is 4.05. The molecule has 1 aromatic carbocycles. The molecule has 5 heteroatoms. The Balaban J connectivity index is 1.55. The van der Waals surface area contributed by atoms with Crippen LogP contribution in [0, 0.1) is 0 Å². The number of carbonyl (C=O) groups excluding carboxylic acids is 2. The van der Waals surface area contributed by atoms with Gasteiger partial charge in [0.1, 0.15) is 0 Å². The van der Waals surface area contributed by atoms with Gasteiger partial charge in [0.15, 0.2) is 0 Å². The average molecular weight is 340 g/mol. The summed E-state index contributed by atoms with van der Waals surface area (Å²) in [4.78, 5) is 26.4. The minimum Gasteiger partial charge on any atom is -0.348 e. The Labute approximate surface area is 145 Å². The summed E-state index contributed by atoms with van der Waals surface area (Å²) in [5.74, 6) is -0.0800. The highest BCUT2D eigenvalue weighted by Gasteiger charge is 2.24. The van der Waals surface area contributed by atoms with Gasteiger partial charge in [-0.25, -0.2) is 0 Å². The van der Waals surface area contributed by atoms with E-state index in [0.29, 0.717) is 12.1 Å². The zero-order valence-corrected chi connectivity index (χ0v) is 14.2. The van der Waals surface area contributed by atoms with Gasteiger partial charge in [-0.2, -0.15) is 11.3 Å². The van der Waals surface area contributed by atoms with Crippen molar-refractivity contribution >= 4 is 29.2 Å². The van der Waals surface area contributed by atoms with E-state index < -0.39 is 0 Å². The minimum atomic E-state index is -0.111. The summed E-state index contributed by atoms with van der Waals surface area (Å²) in [6, 6.07) is 11.3. The number of hydrogen-bond acceptors (Lipinski definition) is 3. The third-order valence-corrected chi connectivity index (χ3v) is 4.75. The van der Waals surface area contributed by atoms with Crippen molar-refractivity contribution in [1.29, 1.82) is 0 Å². The van der Waals surface area contributed by atoms with Crippen LogP contribution in [0.4, 0.5) is 0 Å². The fraction of sp³-hybridized carbons (Fsp3) is 0.263. The summed E-state index contributed by atoms with van der Waals surface area (Å²) in [6.07, 6.45) is 5.16. The molecule has 2 amide bonds. The molecule has 1 atom stereocenters. The molecular weight excluding hydrogens is 320 g/mol. The van der Waals surface area contributed by atoms with E-state index in [9.17, 15) is 9.59 Å². The monoisotopic (exact) mass is 340 g/mol. The molecule has 0 unspecified atom stereocenters. The first-order valence-corrected chi connectivity index (χ1v) is 9.02. The van der Waals surface area contributed by atoms with Crippen LogP contribution in [-0.4, -0.2) is 35.8 Å². The van der Waals surface area contributed by atoms with Crippen molar-refractivity contribution in [2.45, 2.75) is 18.9 Å². The molecule has 0 bridgehead atoms. The predicted molar refractivity (Wildman–Crippen MR) is 96.9 cm³/mol. The van der Waals surface area contributed by atoms with E-state index in [1.54, 1.807) is 17.4 Å². The third kappa shape index (κ3) is 4.32. The molecular formula is C19H20N2O2S. The van der Waals surface area contributed by atoms with Crippen LogP contribution < -0.4 is 5.32 Å². The number of likely N-dealkylation sites (tertiary alicyclic amines) is 1. The molecule has 0 radical (unpaired) electrons. The number of carbonyl (C=O) groups is 2. The van der Waals surface area contributed by atoms with Crippen molar-refractivity contribution in [2.75, 3.05) is 13.1 Å². The van der Waals surface area contributed by atoms with Crippen molar-refractivity contribution in [1.82, 2.24) is 10.2 Å². The van der Waals surface area contributed by atoms with Crippen LogP contribution in [0.25, 0.3) is 6.08 Å². The van der Waals surface area contributed by atoms with E-state index in [-0.39, 0.29) is 17.9 Å². The van der Waals surface area contributed by atoms with Gasteiger partial charge in [-0.3, -0.25) is 9.59 Å². The van der Waals surface area contributed by atoms with Gasteiger partial charge in [-0.15, -0.1) is 0 Å². The molecule has 1 N–H and O–H groups in total. The Kier molecular flexibility index (Phi) is 5.43. The standard InChI is InChI=1S/C19H20N2O2S/c22-18(9-8-15-10-12-24-14-15)20-17-7-4-11-21(13-17)19(23)16-5-2-1-3-6-16/h1-3,5-6,8-10,12,14,17H,4,7,11,13H2,(H,20,22)/b9-8-/t17-/m1/s1. The van der Waals surface area contributed by atoms with Crippen LogP contribution in [0.1, 0.15) is 28.8 Å². The lowest BCUT2D eigenvalue weighted by Gasteiger charge is -2.33. The fourth-order valence-electron chi connectivity index (χ4n) is 2.83. The van der Waals surface area contributed by atoms with Crippen molar-refractivity contribution in [3.8, 4) is 0 Å². The largest absolute Gasteiger partial charge is 0.348 e. The van der Waals surface area contributed by atoms with Gasteiger partial charge < -0.3 is 10.2 Å². The first-order chi connectivity index (χ1) is 11.7. The predicted octanol–water partition coefficient (Wildman–Crippen LogP) is 3.18. The molecule has 4 nitrogen and oxygen atoms in total. The number of benzene rings is 1. The maximum absolute atomic E-state index is 12.5. The number of nitrogens with one attached hydrogen (secondary N) is 1. The maximum Gasteiger partial charge on any atom is 0.253 e. The summed E-state index contributed by atoms with van der Waals surface area (Å²) in [5, 5.41) is 6.97. The lowest BCUT2D eigenvalue weighted by atomic mass is 10.0. The second kappa shape index (κ2) is 7.93. The van der Waals surface area contributed by atoms with Gasteiger partial charge in [0, 0.05) is 30.8 Å². The van der Waals surface area contributed by atoms with Crippen molar-refractivity contribution in [2.24, 2.45) is 0 Å². The van der Waals surface area contributed by atoms with Crippen LogP contribution in [0.2, 0.25) is 0 Å². The maximum atomic E-state index is 12.5. The zero-order valence-electron chi connectivity index (χ0n) is 13.4. The van der Waals surface area contributed by atoms with Crippen molar-refractivity contribution in [3.63, 3.8) is 0 Å². The lowest BCUT2D eigenvalue weighted by Crippen LogP contribution is -2.49. The van der Waals surface area contributed by atoms with Gasteiger partial charge in [0.05, 0.1) is 0 Å². The molecule has 0 saturated carbocycles. The topological polar surface area (TPSA) is 49.4 Å². The molecule has 3 rings (SSSR count). The SMILES string of the molecule is O=C(/C=C\c1ccsc1)N[C@@H]1CCCN(C(=O)c2ccccc2)C1. The number of hydrogen-bond donors (Lipinski definition) is 1. The van der Waals surface area contributed by atoms with E-state index in [4.69, 9.17) is 0 Å². The summed E-state index contributed by atoms with van der Waals surface area (Å²) < 4.78 is 0. The van der Waals surface area contributed by atoms with E-state index in [1.165, 1.54) is 0 Å². The van der Waals surface area contributed by atoms with Crippen LogP contribution in [-0.2, 0) is 4.79 Å². The van der Waals surface area contributed by atoms with E-state index in [0.717, 1.165) is 24.9 Å². The van der Waals surface area contributed by atoms with E-state index >= 15 is 0 Å². The minimum absolute atomic E-state index is 0.00559. The fourth-order valence-corrected chi connectivity index (χ4v) is 3.46. The summed E-state index contributed by atoms with van der Waals surface area (Å²) in [7, 11) is 0. The number of nitrogens with zero attached hydrogens (tertiary/aromatic N) is 1. The Morgan fingerprint density at radius 2 is 2.04 bits per heavy atom. The number of amides is 2. The first-order valence-electron chi connectivity index (χ1n) is 8.07. The van der Waals surface area contributed by atoms with Crippen LogP contribution >= 0.6 is 11.3 Å². The first kappa shape index (κ1) is 16.5. The van der Waals surface area contributed by atoms with Crippen LogP contribution in [0.3, 0.4) is 0 Å². The summed E-state index contributed by atoms with van der Waals surface area (Å²) in [5.41, 5.74) is 1.72. The smallest absolute Gasteiger partial charge is 0.253 e. The molecule has 1 aliphatic rings. The Bertz CT molecular complexity index is 710. The van der Waals surface area contributed by atoms with Crippen LogP contribution in [0.15, 0.2) is 53.2 Å². The molecule has 2 aromatic rings. The van der Waals surface area contributed by atoms with Gasteiger partial charge >= 0.3 is 0 Å². The van der Waals surface area contributed by atoms with Gasteiger partial charge in [0.25, 0.3) is 5.91 Å². The number of thiophene rings is 1. The lowest BCUT2D eigenvalue weighted by molar-refractivity contribution is -0.117. The highest BCUT2D eigenvalue weighted by Crippen LogP contribution is 2.14. The van der Waals surface area contributed by atoms with Gasteiger partial charge in [-0.1, -0.05) is 18.2 Å². The van der Waals surface area contributed by atoms with Gasteiger partial charge in [-0.05, 0) is 53.4 Å².